The highest BCUT2D eigenvalue weighted by Crippen LogP contribution is 2.26. The van der Waals surface area contributed by atoms with E-state index in [9.17, 15) is 4.79 Å². The highest BCUT2D eigenvalue weighted by atomic mass is 79.9. The number of halogens is 1. The van der Waals surface area contributed by atoms with Crippen molar-refractivity contribution in [3.63, 3.8) is 0 Å². The van der Waals surface area contributed by atoms with Crippen molar-refractivity contribution in [2.24, 2.45) is 0 Å². The van der Waals surface area contributed by atoms with Crippen LogP contribution in [0.4, 0.5) is 0 Å². The molecule has 84 valence electrons. The smallest absolute Gasteiger partial charge is 0.162 e. The van der Waals surface area contributed by atoms with Gasteiger partial charge >= 0.3 is 0 Å². The van der Waals surface area contributed by atoms with Crippen molar-refractivity contribution in [3.8, 4) is 18.1 Å². The molecule has 16 heavy (non-hydrogen) atoms. The van der Waals surface area contributed by atoms with Crippen LogP contribution in [0.1, 0.15) is 29.6 Å². The lowest BCUT2D eigenvalue weighted by Crippen LogP contribution is -1.99. The molecule has 0 atom stereocenters. The Bertz CT molecular complexity index is 418. The summed E-state index contributed by atoms with van der Waals surface area (Å²) in [6, 6.07) is 5.32. The Kier molecular flexibility index (Phi) is 5.07. The van der Waals surface area contributed by atoms with Gasteiger partial charge in [-0.25, -0.2) is 0 Å². The predicted octanol–water partition coefficient (Wildman–Crippen LogP) is 3.44. The van der Waals surface area contributed by atoms with Crippen molar-refractivity contribution >= 4 is 21.7 Å². The average molecular weight is 281 g/mol. The summed E-state index contributed by atoms with van der Waals surface area (Å²) >= 11 is 3.35. The first-order chi connectivity index (χ1) is 7.69. The van der Waals surface area contributed by atoms with Gasteiger partial charge < -0.3 is 4.74 Å². The second-order valence-corrected chi connectivity index (χ2v) is 4.18. The van der Waals surface area contributed by atoms with Crippen LogP contribution in [0.15, 0.2) is 22.7 Å². The molecule has 0 aliphatic carbocycles. The standard InChI is InChI=1S/C13H13BrO2/c1-3-4-5-6-12(15)10-7-8-13(16-2)11(14)9-10/h1,7-9H,4-6H2,2H3. The van der Waals surface area contributed by atoms with Gasteiger partial charge in [-0.3, -0.25) is 4.79 Å². The number of benzene rings is 1. The van der Waals surface area contributed by atoms with E-state index in [0.29, 0.717) is 18.4 Å². The summed E-state index contributed by atoms with van der Waals surface area (Å²) in [5.41, 5.74) is 0.685. The van der Waals surface area contributed by atoms with Gasteiger partial charge in [0.05, 0.1) is 11.6 Å². The Balaban J connectivity index is 2.70. The van der Waals surface area contributed by atoms with Gasteiger partial charge in [-0.05, 0) is 40.5 Å². The Hall–Kier alpha value is -1.27. The van der Waals surface area contributed by atoms with E-state index in [1.807, 2.05) is 0 Å². The van der Waals surface area contributed by atoms with Crippen LogP contribution in [0.25, 0.3) is 0 Å². The topological polar surface area (TPSA) is 26.3 Å². The Morgan fingerprint density at radius 1 is 1.56 bits per heavy atom. The van der Waals surface area contributed by atoms with Gasteiger partial charge in [0.2, 0.25) is 0 Å². The molecule has 1 aromatic carbocycles. The van der Waals surface area contributed by atoms with E-state index in [2.05, 4.69) is 21.9 Å². The molecule has 0 heterocycles. The number of Topliss-reactive ketones (excluding diaryl/α,β-unsaturated/α-hetero) is 1. The van der Waals surface area contributed by atoms with Gasteiger partial charge in [-0.15, -0.1) is 12.3 Å². The minimum atomic E-state index is 0.110. The van der Waals surface area contributed by atoms with Crippen LogP contribution in [-0.2, 0) is 0 Å². The van der Waals surface area contributed by atoms with Crippen LogP contribution >= 0.6 is 15.9 Å². The van der Waals surface area contributed by atoms with Crippen molar-refractivity contribution in [1.82, 2.24) is 0 Å². The molecule has 0 fully saturated rings. The highest BCUT2D eigenvalue weighted by Gasteiger charge is 2.08. The molecule has 0 aliphatic rings. The van der Waals surface area contributed by atoms with Crippen LogP contribution in [0.2, 0.25) is 0 Å². The van der Waals surface area contributed by atoms with Crippen LogP contribution in [0, 0.1) is 12.3 Å². The third-order valence-electron chi connectivity index (χ3n) is 2.20. The molecular formula is C13H13BrO2. The van der Waals surface area contributed by atoms with E-state index >= 15 is 0 Å². The molecule has 0 spiro atoms. The lowest BCUT2D eigenvalue weighted by atomic mass is 10.1. The molecule has 0 aromatic heterocycles. The molecule has 0 amide bonds. The van der Waals surface area contributed by atoms with Gasteiger partial charge in [-0.2, -0.15) is 0 Å². The Labute approximate surface area is 104 Å². The maximum Gasteiger partial charge on any atom is 0.162 e. The third kappa shape index (κ3) is 3.39. The van der Waals surface area contributed by atoms with Crippen molar-refractivity contribution < 1.29 is 9.53 Å². The molecule has 0 unspecified atom stereocenters. The number of ether oxygens (including phenoxy) is 1. The molecule has 0 N–H and O–H groups in total. The Morgan fingerprint density at radius 3 is 2.88 bits per heavy atom. The van der Waals surface area contributed by atoms with E-state index in [1.165, 1.54) is 0 Å². The van der Waals surface area contributed by atoms with E-state index in [1.54, 1.807) is 25.3 Å². The lowest BCUT2D eigenvalue weighted by molar-refractivity contribution is 0.0980. The van der Waals surface area contributed by atoms with Gasteiger partial charge in [-0.1, -0.05) is 0 Å². The second-order valence-electron chi connectivity index (χ2n) is 3.33. The molecule has 2 nitrogen and oxygen atoms in total. The normalized spacial score (nSPS) is 9.56. The zero-order valence-electron chi connectivity index (χ0n) is 9.13. The molecule has 0 saturated carbocycles. The number of ketones is 1. The van der Waals surface area contributed by atoms with Crippen molar-refractivity contribution in [1.29, 1.82) is 0 Å². The zero-order chi connectivity index (χ0) is 12.0. The molecular weight excluding hydrogens is 268 g/mol. The van der Waals surface area contributed by atoms with Gasteiger partial charge in [0.25, 0.3) is 0 Å². The summed E-state index contributed by atoms with van der Waals surface area (Å²) in [6.07, 6.45) is 7.00. The molecule has 0 aliphatic heterocycles. The number of methoxy groups -OCH3 is 1. The molecule has 1 rings (SSSR count). The molecule has 0 bridgehead atoms. The highest BCUT2D eigenvalue weighted by molar-refractivity contribution is 9.10. The third-order valence-corrected chi connectivity index (χ3v) is 2.82. The largest absolute Gasteiger partial charge is 0.496 e. The Morgan fingerprint density at radius 2 is 2.31 bits per heavy atom. The minimum absolute atomic E-state index is 0.110. The van der Waals surface area contributed by atoms with E-state index in [0.717, 1.165) is 16.6 Å². The van der Waals surface area contributed by atoms with E-state index < -0.39 is 0 Å². The van der Waals surface area contributed by atoms with E-state index in [4.69, 9.17) is 11.2 Å². The van der Waals surface area contributed by atoms with Crippen LogP contribution < -0.4 is 4.74 Å². The molecule has 3 heteroatoms. The first-order valence-corrected chi connectivity index (χ1v) is 5.78. The van der Waals surface area contributed by atoms with Crippen molar-refractivity contribution in [2.45, 2.75) is 19.3 Å². The lowest BCUT2D eigenvalue weighted by Gasteiger charge is -2.05. The number of terminal acetylenes is 1. The number of unbranched alkanes of at least 4 members (excludes halogenated alkanes) is 1. The van der Waals surface area contributed by atoms with Crippen molar-refractivity contribution in [2.75, 3.05) is 7.11 Å². The fraction of sp³-hybridized carbons (Fsp3) is 0.308. The van der Waals surface area contributed by atoms with Crippen molar-refractivity contribution in [3.05, 3.63) is 28.2 Å². The van der Waals surface area contributed by atoms with Crippen LogP contribution in [0.5, 0.6) is 5.75 Å². The predicted molar refractivity (Wildman–Crippen MR) is 67.7 cm³/mol. The molecule has 0 saturated heterocycles. The minimum Gasteiger partial charge on any atom is -0.496 e. The summed E-state index contributed by atoms with van der Waals surface area (Å²) in [4.78, 5) is 11.7. The maximum absolute atomic E-state index is 11.7. The summed E-state index contributed by atoms with van der Waals surface area (Å²) < 4.78 is 5.88. The fourth-order valence-electron chi connectivity index (χ4n) is 1.34. The summed E-state index contributed by atoms with van der Waals surface area (Å²) in [5, 5.41) is 0. The zero-order valence-corrected chi connectivity index (χ0v) is 10.7. The van der Waals surface area contributed by atoms with Crippen LogP contribution in [-0.4, -0.2) is 12.9 Å². The quantitative estimate of drug-likeness (QED) is 0.469. The number of hydrogen-bond donors (Lipinski definition) is 0. The van der Waals surface area contributed by atoms with Crippen LogP contribution in [0.3, 0.4) is 0 Å². The van der Waals surface area contributed by atoms with E-state index in [-0.39, 0.29) is 5.78 Å². The SMILES string of the molecule is C#CCCCC(=O)c1ccc(OC)c(Br)c1. The molecule has 0 radical (unpaired) electrons. The fourth-order valence-corrected chi connectivity index (χ4v) is 1.88. The van der Waals surface area contributed by atoms with Gasteiger partial charge in [0.15, 0.2) is 5.78 Å². The summed E-state index contributed by atoms with van der Waals surface area (Å²) in [6.45, 7) is 0. The van der Waals surface area contributed by atoms with Gasteiger partial charge in [0, 0.05) is 18.4 Å². The molecule has 1 aromatic rings. The van der Waals surface area contributed by atoms with Gasteiger partial charge in [0.1, 0.15) is 5.75 Å². The second kappa shape index (κ2) is 6.34. The number of rotatable bonds is 5. The monoisotopic (exact) mass is 280 g/mol. The first kappa shape index (κ1) is 12.8. The maximum atomic E-state index is 11.7. The number of hydrogen-bond acceptors (Lipinski definition) is 2. The number of carbonyl (C=O) groups is 1. The summed E-state index contributed by atoms with van der Waals surface area (Å²) in [7, 11) is 1.59. The summed E-state index contributed by atoms with van der Waals surface area (Å²) in [5.74, 6) is 3.35. The number of carbonyl (C=O) groups excluding carboxylic acids is 1. The first-order valence-electron chi connectivity index (χ1n) is 4.99. The average Bonchev–Trinajstić information content (AvgIpc) is 2.29.